The van der Waals surface area contributed by atoms with Crippen molar-refractivity contribution in [3.05, 3.63) is 47.6 Å². The highest BCUT2D eigenvalue weighted by molar-refractivity contribution is 6.39. The topological polar surface area (TPSA) is 195 Å². The summed E-state index contributed by atoms with van der Waals surface area (Å²) in [5.41, 5.74) is 1.33. The minimum Gasteiger partial charge on any atom is -0.460 e. The Kier molecular flexibility index (Phi) is 20.3. The average Bonchev–Trinajstić information content (AvgIpc) is 4.13. The molecule has 2 saturated carbocycles. The number of aliphatic hydroxyl groups is 3. The van der Waals surface area contributed by atoms with E-state index in [2.05, 4.69) is 0 Å². The Morgan fingerprint density at radius 3 is 2.27 bits per heavy atom. The number of hydrogen-bond acceptors (Lipinski definition) is 13. The van der Waals surface area contributed by atoms with Crippen LogP contribution in [-0.4, -0.2) is 131 Å². The quantitative estimate of drug-likeness (QED) is 0.139. The predicted octanol–water partition coefficient (Wildman–Crippen LogP) is 6.71. The van der Waals surface area contributed by atoms with E-state index in [0.717, 1.165) is 24.8 Å². The number of Topliss-reactive ketones (excluding diaryl/α,β-unsaturated/α-hetero) is 3. The number of ketones is 3. The van der Waals surface area contributed by atoms with E-state index in [-0.39, 0.29) is 67.0 Å². The van der Waals surface area contributed by atoms with E-state index in [1.165, 1.54) is 12.0 Å². The van der Waals surface area contributed by atoms with Gasteiger partial charge in [0, 0.05) is 51.4 Å². The molecule has 0 aromatic rings. The van der Waals surface area contributed by atoms with Crippen molar-refractivity contribution in [2.75, 3.05) is 20.8 Å². The molecule has 5 aliphatic rings. The number of allylic oxidation sites excluding steroid dienone is 6. The summed E-state index contributed by atoms with van der Waals surface area (Å²) < 4.78 is 30.1. The lowest BCUT2D eigenvalue weighted by Gasteiger charge is -2.43. The maximum absolute atomic E-state index is 14.4. The molecule has 3 aliphatic heterocycles. The molecular weight excluding hydrogens is 859 g/mol. The summed E-state index contributed by atoms with van der Waals surface area (Å²) in [6.07, 6.45) is 13.5. The molecule has 5 rings (SSSR count). The number of rotatable bonds is 7. The molecule has 0 spiro atoms. The molecule has 0 aromatic heterocycles. The monoisotopic (exact) mass is 940 g/mol. The van der Waals surface area contributed by atoms with Crippen LogP contribution in [0.4, 0.5) is 0 Å². The Bertz CT molecular complexity index is 1840. The molecule has 67 heavy (non-hydrogen) atoms. The molecule has 1 unspecified atom stereocenters. The fourth-order valence-corrected chi connectivity index (χ4v) is 10.4. The number of piperidine rings is 1. The summed E-state index contributed by atoms with van der Waals surface area (Å²) in [5.74, 6) is -7.89. The minimum atomic E-state index is -2.42. The van der Waals surface area contributed by atoms with Crippen LogP contribution in [0.3, 0.4) is 0 Å². The molecule has 2 saturated heterocycles. The molecule has 4 fully saturated rings. The molecule has 15 atom stereocenters. The second-order valence-electron chi connectivity index (χ2n) is 20.7. The van der Waals surface area contributed by atoms with Crippen LogP contribution < -0.4 is 0 Å². The predicted molar refractivity (Wildman–Crippen MR) is 252 cm³/mol. The van der Waals surface area contributed by atoms with Crippen LogP contribution in [0.5, 0.6) is 0 Å². The number of methoxy groups -OCH3 is 2. The van der Waals surface area contributed by atoms with Crippen molar-refractivity contribution in [1.29, 1.82) is 0 Å². The van der Waals surface area contributed by atoms with E-state index in [4.69, 9.17) is 23.7 Å². The molecule has 0 radical (unpaired) electrons. The Hall–Kier alpha value is -3.37. The first-order chi connectivity index (χ1) is 31.8. The molecule has 1 amide bonds. The normalized spacial score (nSPS) is 40.7. The van der Waals surface area contributed by atoms with Crippen molar-refractivity contribution in [1.82, 2.24) is 4.90 Å². The summed E-state index contributed by atoms with van der Waals surface area (Å²) in [6.45, 7) is 12.9. The van der Waals surface area contributed by atoms with Gasteiger partial charge in [-0.2, -0.15) is 0 Å². The van der Waals surface area contributed by atoms with Crippen LogP contribution in [0.15, 0.2) is 47.6 Å². The Balaban J connectivity index is 1.47. The lowest BCUT2D eigenvalue weighted by Crippen LogP contribution is -2.61. The standard InChI is InChI=1S/C53H81NO13/c1-31-15-11-10-12-16-32(2)44(65-39-21-22-39)29-40-20-18-37(7)53(62,67-40)50(59)51(60)54-24-14-13-17-41(54)52(61)66-45(34(4)27-38-19-23-42(55)46(28-38)63-8)30-43(56)33(3)26-36(6)48(58)49(64-9)47(57)35(5)25-31/h10-12,15-16,26,31,33-35,37-42,44-46,48-49,55,58,62H,13-14,17-25,27-30H2,1-9H3/b12-10+,15-11+,32-16+,36-26+/t31-,33-,34-,35-,37-,38+,40+,41?,42-,44+,45+,46-,48-,49+,53-/m1/s1. The maximum Gasteiger partial charge on any atom is 0.329 e. The largest absolute Gasteiger partial charge is 0.460 e. The molecule has 0 aromatic carbocycles. The summed E-state index contributed by atoms with van der Waals surface area (Å²) >= 11 is 0. The van der Waals surface area contributed by atoms with Gasteiger partial charge in [0.1, 0.15) is 30.1 Å². The lowest BCUT2D eigenvalue weighted by molar-refractivity contribution is -0.266. The zero-order valence-corrected chi connectivity index (χ0v) is 41.6. The Morgan fingerprint density at radius 2 is 1.58 bits per heavy atom. The summed E-state index contributed by atoms with van der Waals surface area (Å²) in [5, 5.41) is 34.0. The van der Waals surface area contributed by atoms with Gasteiger partial charge >= 0.3 is 5.97 Å². The van der Waals surface area contributed by atoms with Crippen molar-refractivity contribution in [2.24, 2.45) is 35.5 Å². The summed E-state index contributed by atoms with van der Waals surface area (Å²) in [6, 6.07) is -1.14. The van der Waals surface area contributed by atoms with E-state index in [1.54, 1.807) is 34.0 Å². The molecule has 3 N–H and O–H groups in total. The third-order valence-electron chi connectivity index (χ3n) is 15.1. The number of nitrogens with zero attached hydrogens (tertiary/aromatic N) is 1. The van der Waals surface area contributed by atoms with Crippen LogP contribution in [0.1, 0.15) is 138 Å². The van der Waals surface area contributed by atoms with Crippen LogP contribution in [-0.2, 0) is 47.7 Å². The van der Waals surface area contributed by atoms with Gasteiger partial charge < -0.3 is 43.9 Å². The molecule has 14 heteroatoms. The third kappa shape index (κ3) is 14.6. The van der Waals surface area contributed by atoms with Crippen molar-refractivity contribution >= 4 is 29.2 Å². The van der Waals surface area contributed by atoms with Gasteiger partial charge in [-0.25, -0.2) is 4.79 Å². The number of ether oxygens (including phenoxy) is 5. The maximum atomic E-state index is 14.4. The fourth-order valence-electron chi connectivity index (χ4n) is 10.4. The fraction of sp³-hybridized carbons (Fsp3) is 0.755. The second kappa shape index (κ2) is 25.0. The number of carbonyl (C=O) groups excluding carboxylic acids is 5. The molecule has 2 bridgehead atoms. The van der Waals surface area contributed by atoms with Crippen LogP contribution in [0.2, 0.25) is 0 Å². The molecular formula is C53H81NO13. The zero-order valence-electron chi connectivity index (χ0n) is 41.6. The van der Waals surface area contributed by atoms with Crippen molar-refractivity contribution in [2.45, 2.75) is 199 Å². The number of hydrogen-bond donors (Lipinski definition) is 3. The van der Waals surface area contributed by atoms with Gasteiger partial charge in [0.05, 0.1) is 30.5 Å². The second-order valence-corrected chi connectivity index (χ2v) is 20.7. The SMILES string of the molecule is CO[C@@H]1C[C@H](C[C@@H](C)[C@@H]2CC(=O)[C@H](C)/C=C(\C)[C@@H](O)[C@@H](OC)C(=O)[C@H](C)C[C@H](C)/C=C/C=C/C=C(\C)[C@@H](OC3CC3)C[C@@H]3CC[C@@H](C)[C@@](O)(O3)C(=O)C(=O)N3CCCCC3C(=O)O2)CC[C@H]1O. The number of amides is 1. The van der Waals surface area contributed by atoms with Gasteiger partial charge in [-0.15, -0.1) is 0 Å². The number of cyclic esters (lactones) is 1. The number of fused-ring (bicyclic) bond motifs is 3. The van der Waals surface area contributed by atoms with Crippen LogP contribution in [0.25, 0.3) is 0 Å². The van der Waals surface area contributed by atoms with Crippen molar-refractivity contribution in [3.8, 4) is 0 Å². The van der Waals surface area contributed by atoms with Crippen molar-refractivity contribution in [3.63, 3.8) is 0 Å². The Morgan fingerprint density at radius 1 is 0.851 bits per heavy atom. The van der Waals surface area contributed by atoms with Crippen LogP contribution in [0, 0.1) is 35.5 Å². The molecule has 376 valence electrons. The Labute approximate surface area is 398 Å². The van der Waals surface area contributed by atoms with E-state index >= 15 is 0 Å². The van der Waals surface area contributed by atoms with Gasteiger partial charge in [0.25, 0.3) is 11.7 Å². The van der Waals surface area contributed by atoms with Crippen molar-refractivity contribution < 1.29 is 63.0 Å². The molecule has 14 nitrogen and oxygen atoms in total. The highest BCUT2D eigenvalue weighted by Gasteiger charge is 2.53. The van der Waals surface area contributed by atoms with Gasteiger partial charge in [0.2, 0.25) is 5.79 Å². The first-order valence-electron chi connectivity index (χ1n) is 25.1. The summed E-state index contributed by atoms with van der Waals surface area (Å²) in [4.78, 5) is 72.2. The molecule has 3 heterocycles. The number of esters is 1. The smallest absolute Gasteiger partial charge is 0.329 e. The number of aliphatic hydroxyl groups excluding tert-OH is 2. The van der Waals surface area contributed by atoms with Crippen LogP contribution >= 0.6 is 0 Å². The molecule has 2 aliphatic carbocycles. The zero-order chi connectivity index (χ0) is 49.2. The third-order valence-corrected chi connectivity index (χ3v) is 15.1. The van der Waals surface area contributed by atoms with Gasteiger partial charge in [-0.1, -0.05) is 71.1 Å². The van der Waals surface area contributed by atoms with Gasteiger partial charge in [-0.05, 0) is 120 Å². The van der Waals surface area contributed by atoms with E-state index < -0.39 is 77.8 Å². The summed E-state index contributed by atoms with van der Waals surface area (Å²) in [7, 11) is 2.95. The first-order valence-corrected chi connectivity index (χ1v) is 25.1. The van der Waals surface area contributed by atoms with E-state index in [0.29, 0.717) is 63.4 Å². The highest BCUT2D eigenvalue weighted by atomic mass is 16.6. The first kappa shape index (κ1) is 54.6. The lowest BCUT2D eigenvalue weighted by atomic mass is 9.78. The van der Waals surface area contributed by atoms with Gasteiger partial charge in [0.15, 0.2) is 5.78 Å². The highest BCUT2D eigenvalue weighted by Crippen LogP contribution is 2.39. The van der Waals surface area contributed by atoms with Gasteiger partial charge in [-0.3, -0.25) is 19.2 Å². The minimum absolute atomic E-state index is 0.0232. The van der Waals surface area contributed by atoms with E-state index in [9.17, 15) is 39.3 Å². The average molecular weight is 940 g/mol. The van der Waals surface area contributed by atoms with E-state index in [1.807, 2.05) is 58.1 Å². The number of carbonyl (C=O) groups is 5.